The molecule has 1 heterocycles. The predicted octanol–water partition coefficient (Wildman–Crippen LogP) is 2.26. The standard InChI is InChI=1S/C16H22N4O/c1-4-13-5-7-14(8-6-13)16(21)18-15-11-17-20(12-15)10-9-19(2)3/h5-8,11-12H,4,9-10H2,1-3H3,(H,18,21). The Balaban J connectivity index is 1.95. The van der Waals surface area contributed by atoms with Gasteiger partial charge in [0.2, 0.25) is 0 Å². The monoisotopic (exact) mass is 286 g/mol. The lowest BCUT2D eigenvalue weighted by Crippen LogP contribution is -2.18. The van der Waals surface area contributed by atoms with Crippen molar-refractivity contribution in [3.05, 3.63) is 47.8 Å². The maximum absolute atomic E-state index is 12.1. The Labute approximate surface area is 125 Å². The highest BCUT2D eigenvalue weighted by molar-refractivity contribution is 6.04. The molecule has 0 spiro atoms. The van der Waals surface area contributed by atoms with Crippen molar-refractivity contribution in [2.24, 2.45) is 0 Å². The second-order valence-corrected chi connectivity index (χ2v) is 5.30. The largest absolute Gasteiger partial charge is 0.319 e. The van der Waals surface area contributed by atoms with Crippen LogP contribution in [0, 0.1) is 0 Å². The van der Waals surface area contributed by atoms with Crippen molar-refractivity contribution in [1.29, 1.82) is 0 Å². The van der Waals surface area contributed by atoms with Gasteiger partial charge in [-0.2, -0.15) is 5.10 Å². The topological polar surface area (TPSA) is 50.2 Å². The van der Waals surface area contributed by atoms with E-state index in [1.165, 1.54) is 5.56 Å². The van der Waals surface area contributed by atoms with Gasteiger partial charge in [0.15, 0.2) is 0 Å². The maximum Gasteiger partial charge on any atom is 0.255 e. The summed E-state index contributed by atoms with van der Waals surface area (Å²) in [6, 6.07) is 7.67. The van der Waals surface area contributed by atoms with E-state index < -0.39 is 0 Å². The van der Waals surface area contributed by atoms with E-state index >= 15 is 0 Å². The molecule has 2 rings (SSSR count). The molecule has 0 fully saturated rings. The molecule has 0 aliphatic heterocycles. The molecule has 1 aromatic heterocycles. The fourth-order valence-electron chi connectivity index (χ4n) is 1.95. The van der Waals surface area contributed by atoms with Crippen molar-refractivity contribution in [3.8, 4) is 0 Å². The van der Waals surface area contributed by atoms with Crippen LogP contribution in [0.1, 0.15) is 22.8 Å². The molecule has 112 valence electrons. The van der Waals surface area contributed by atoms with Crippen LogP contribution < -0.4 is 5.32 Å². The minimum Gasteiger partial charge on any atom is -0.319 e. The number of aromatic nitrogens is 2. The second kappa shape index (κ2) is 7.04. The fourth-order valence-corrected chi connectivity index (χ4v) is 1.95. The molecule has 0 aliphatic rings. The number of carbonyl (C=O) groups excluding carboxylic acids is 1. The third-order valence-electron chi connectivity index (χ3n) is 3.29. The number of likely N-dealkylation sites (N-methyl/N-ethyl adjacent to an activating group) is 1. The number of nitrogens with one attached hydrogen (secondary N) is 1. The van der Waals surface area contributed by atoms with Gasteiger partial charge in [0.25, 0.3) is 5.91 Å². The molecule has 0 aliphatic carbocycles. The van der Waals surface area contributed by atoms with Gasteiger partial charge in [-0.05, 0) is 38.2 Å². The van der Waals surface area contributed by atoms with Crippen molar-refractivity contribution < 1.29 is 4.79 Å². The lowest BCUT2D eigenvalue weighted by atomic mass is 10.1. The number of amides is 1. The first-order valence-corrected chi connectivity index (χ1v) is 7.16. The first-order chi connectivity index (χ1) is 10.1. The Morgan fingerprint density at radius 1 is 1.29 bits per heavy atom. The zero-order valence-corrected chi connectivity index (χ0v) is 12.8. The molecule has 0 radical (unpaired) electrons. The van der Waals surface area contributed by atoms with Gasteiger partial charge >= 0.3 is 0 Å². The molecule has 1 amide bonds. The van der Waals surface area contributed by atoms with Gasteiger partial charge in [0, 0.05) is 18.3 Å². The quantitative estimate of drug-likeness (QED) is 0.886. The summed E-state index contributed by atoms with van der Waals surface area (Å²) in [5.41, 5.74) is 2.61. The highest BCUT2D eigenvalue weighted by Crippen LogP contribution is 2.10. The zero-order chi connectivity index (χ0) is 15.2. The first-order valence-electron chi connectivity index (χ1n) is 7.16. The average molecular weight is 286 g/mol. The Hall–Kier alpha value is -2.14. The number of benzene rings is 1. The van der Waals surface area contributed by atoms with Gasteiger partial charge in [-0.15, -0.1) is 0 Å². The summed E-state index contributed by atoms with van der Waals surface area (Å²) >= 11 is 0. The molecule has 0 unspecified atom stereocenters. The molecule has 0 bridgehead atoms. The summed E-state index contributed by atoms with van der Waals surface area (Å²) in [7, 11) is 4.04. The number of nitrogens with zero attached hydrogens (tertiary/aromatic N) is 3. The summed E-state index contributed by atoms with van der Waals surface area (Å²) in [4.78, 5) is 14.2. The van der Waals surface area contributed by atoms with Gasteiger partial charge in [0.1, 0.15) is 0 Å². The van der Waals surface area contributed by atoms with Gasteiger partial charge in [0.05, 0.1) is 18.4 Å². The van der Waals surface area contributed by atoms with E-state index in [1.807, 2.05) is 49.2 Å². The smallest absolute Gasteiger partial charge is 0.255 e. The number of hydrogen-bond acceptors (Lipinski definition) is 3. The molecule has 5 nitrogen and oxygen atoms in total. The predicted molar refractivity (Wildman–Crippen MR) is 84.6 cm³/mol. The number of carbonyl (C=O) groups is 1. The van der Waals surface area contributed by atoms with Crippen LogP contribution >= 0.6 is 0 Å². The van der Waals surface area contributed by atoms with E-state index in [9.17, 15) is 4.79 Å². The Morgan fingerprint density at radius 2 is 2.00 bits per heavy atom. The minimum atomic E-state index is -0.107. The van der Waals surface area contributed by atoms with E-state index in [1.54, 1.807) is 6.20 Å². The van der Waals surface area contributed by atoms with E-state index in [2.05, 4.69) is 22.2 Å². The number of aryl methyl sites for hydroxylation is 1. The lowest BCUT2D eigenvalue weighted by Gasteiger charge is -2.08. The summed E-state index contributed by atoms with van der Waals surface area (Å²) < 4.78 is 1.83. The van der Waals surface area contributed by atoms with E-state index in [0.29, 0.717) is 5.56 Å². The summed E-state index contributed by atoms with van der Waals surface area (Å²) in [5.74, 6) is -0.107. The fraction of sp³-hybridized carbons (Fsp3) is 0.375. The Morgan fingerprint density at radius 3 is 2.62 bits per heavy atom. The number of anilines is 1. The molecular weight excluding hydrogens is 264 g/mol. The van der Waals surface area contributed by atoms with Crippen LogP contribution in [0.25, 0.3) is 0 Å². The lowest BCUT2D eigenvalue weighted by molar-refractivity contribution is 0.102. The first kappa shape index (κ1) is 15.3. The van der Waals surface area contributed by atoms with Crippen LogP contribution in [-0.4, -0.2) is 41.2 Å². The molecule has 5 heteroatoms. The molecule has 0 saturated carbocycles. The Kier molecular flexibility index (Phi) is 5.11. The second-order valence-electron chi connectivity index (χ2n) is 5.30. The van der Waals surface area contributed by atoms with Crippen molar-refractivity contribution in [2.75, 3.05) is 26.0 Å². The molecule has 0 atom stereocenters. The van der Waals surface area contributed by atoms with Crippen LogP contribution in [-0.2, 0) is 13.0 Å². The molecule has 2 aromatic rings. The third-order valence-corrected chi connectivity index (χ3v) is 3.29. The highest BCUT2D eigenvalue weighted by atomic mass is 16.1. The molecule has 0 saturated heterocycles. The van der Waals surface area contributed by atoms with Crippen molar-refractivity contribution in [2.45, 2.75) is 19.9 Å². The molecule has 21 heavy (non-hydrogen) atoms. The van der Waals surface area contributed by atoms with Gasteiger partial charge in [-0.25, -0.2) is 0 Å². The molecule has 1 aromatic carbocycles. The zero-order valence-electron chi connectivity index (χ0n) is 12.8. The minimum absolute atomic E-state index is 0.107. The average Bonchev–Trinajstić information content (AvgIpc) is 2.92. The van der Waals surface area contributed by atoms with Crippen molar-refractivity contribution >= 4 is 11.6 Å². The van der Waals surface area contributed by atoms with Crippen molar-refractivity contribution in [1.82, 2.24) is 14.7 Å². The molecule has 1 N–H and O–H groups in total. The number of rotatable bonds is 6. The van der Waals surface area contributed by atoms with E-state index in [4.69, 9.17) is 0 Å². The SMILES string of the molecule is CCc1ccc(C(=O)Nc2cnn(CCN(C)C)c2)cc1. The van der Waals surface area contributed by atoms with Gasteiger partial charge < -0.3 is 10.2 Å². The van der Waals surface area contributed by atoms with Gasteiger partial charge in [-0.3, -0.25) is 9.48 Å². The van der Waals surface area contributed by atoms with Crippen LogP contribution in [0.4, 0.5) is 5.69 Å². The normalized spacial score (nSPS) is 10.9. The highest BCUT2D eigenvalue weighted by Gasteiger charge is 2.07. The molecular formula is C16H22N4O. The van der Waals surface area contributed by atoms with E-state index in [-0.39, 0.29) is 5.91 Å². The number of hydrogen-bond donors (Lipinski definition) is 1. The third kappa shape index (κ3) is 4.43. The van der Waals surface area contributed by atoms with Crippen molar-refractivity contribution in [3.63, 3.8) is 0 Å². The maximum atomic E-state index is 12.1. The summed E-state index contributed by atoms with van der Waals surface area (Å²) in [6.45, 7) is 3.80. The van der Waals surface area contributed by atoms with E-state index in [0.717, 1.165) is 25.2 Å². The van der Waals surface area contributed by atoms with Crippen LogP contribution in [0.3, 0.4) is 0 Å². The summed E-state index contributed by atoms with van der Waals surface area (Å²) in [5, 5.41) is 7.11. The van der Waals surface area contributed by atoms with Crippen LogP contribution in [0.5, 0.6) is 0 Å². The van der Waals surface area contributed by atoms with Crippen LogP contribution in [0.15, 0.2) is 36.7 Å². The van der Waals surface area contributed by atoms with Crippen LogP contribution in [0.2, 0.25) is 0 Å². The Bertz CT molecular complexity index is 587. The van der Waals surface area contributed by atoms with Gasteiger partial charge in [-0.1, -0.05) is 19.1 Å². The summed E-state index contributed by atoms with van der Waals surface area (Å²) in [6.07, 6.45) is 4.50.